The summed E-state index contributed by atoms with van der Waals surface area (Å²) in [5, 5.41) is 1.78. The van der Waals surface area contributed by atoms with Crippen LogP contribution in [0.15, 0.2) is 30.3 Å². The highest BCUT2D eigenvalue weighted by Gasteiger charge is 2.08. The molecule has 1 amide bonds. The molecule has 2 aromatic rings. The van der Waals surface area contributed by atoms with E-state index < -0.39 is 0 Å². The third kappa shape index (κ3) is 3.02. The Kier molecular flexibility index (Phi) is 4.00. The molecule has 0 fully saturated rings. The number of aryl methyl sites for hydroxylation is 1. The zero-order chi connectivity index (χ0) is 13.8. The van der Waals surface area contributed by atoms with Gasteiger partial charge >= 0.3 is 0 Å². The molecule has 0 atom stereocenters. The average molecular weight is 261 g/mol. The molecular formula is C15H16FNO2. The van der Waals surface area contributed by atoms with Crippen molar-refractivity contribution in [2.24, 2.45) is 5.73 Å². The molecule has 2 N–H and O–H groups in total. The van der Waals surface area contributed by atoms with Gasteiger partial charge in [0.15, 0.2) is 11.6 Å². The van der Waals surface area contributed by atoms with Crippen LogP contribution >= 0.6 is 0 Å². The van der Waals surface area contributed by atoms with Crippen LogP contribution in [0.1, 0.15) is 18.4 Å². The molecule has 0 saturated heterocycles. The number of carbonyl (C=O) groups excluding carboxylic acids is 1. The highest BCUT2D eigenvalue weighted by molar-refractivity contribution is 5.87. The van der Waals surface area contributed by atoms with Crippen LogP contribution in [0, 0.1) is 5.82 Å². The maximum atomic E-state index is 13.6. The molecule has 0 aliphatic carbocycles. The minimum absolute atomic E-state index is 0.231. The Morgan fingerprint density at radius 2 is 2.16 bits per heavy atom. The molecular weight excluding hydrogens is 245 g/mol. The lowest BCUT2D eigenvalue weighted by Crippen LogP contribution is -2.10. The smallest absolute Gasteiger partial charge is 0.217 e. The van der Waals surface area contributed by atoms with Crippen molar-refractivity contribution in [3.8, 4) is 5.75 Å². The Hall–Kier alpha value is -2.10. The van der Waals surface area contributed by atoms with Gasteiger partial charge in [-0.05, 0) is 41.3 Å². The van der Waals surface area contributed by atoms with Crippen molar-refractivity contribution in [2.75, 3.05) is 7.11 Å². The van der Waals surface area contributed by atoms with Gasteiger partial charge in [-0.25, -0.2) is 4.39 Å². The van der Waals surface area contributed by atoms with Crippen molar-refractivity contribution in [2.45, 2.75) is 19.3 Å². The lowest BCUT2D eigenvalue weighted by atomic mass is 9.99. The zero-order valence-electron chi connectivity index (χ0n) is 10.8. The van der Waals surface area contributed by atoms with Crippen molar-refractivity contribution in [3.63, 3.8) is 0 Å². The average Bonchev–Trinajstić information content (AvgIpc) is 2.37. The van der Waals surface area contributed by atoms with Crippen LogP contribution < -0.4 is 10.5 Å². The summed E-state index contributed by atoms with van der Waals surface area (Å²) in [6, 6.07) is 8.87. The Morgan fingerprint density at radius 1 is 1.37 bits per heavy atom. The fraction of sp³-hybridized carbons (Fsp3) is 0.267. The Morgan fingerprint density at radius 3 is 2.84 bits per heavy atom. The number of ether oxygens (including phenoxy) is 1. The molecule has 0 saturated carbocycles. The van der Waals surface area contributed by atoms with Crippen LogP contribution in [0.3, 0.4) is 0 Å². The van der Waals surface area contributed by atoms with Crippen molar-refractivity contribution in [1.29, 1.82) is 0 Å². The minimum Gasteiger partial charge on any atom is -0.494 e. The first kappa shape index (κ1) is 13.3. The van der Waals surface area contributed by atoms with Gasteiger partial charge in [-0.1, -0.05) is 18.2 Å². The first-order chi connectivity index (χ1) is 9.11. The first-order valence-electron chi connectivity index (χ1n) is 6.15. The molecule has 0 radical (unpaired) electrons. The third-order valence-electron chi connectivity index (χ3n) is 3.11. The summed E-state index contributed by atoms with van der Waals surface area (Å²) < 4.78 is 18.6. The summed E-state index contributed by atoms with van der Waals surface area (Å²) in [7, 11) is 1.44. The molecule has 0 unspecified atom stereocenters. The fourth-order valence-electron chi connectivity index (χ4n) is 2.17. The second-order valence-electron chi connectivity index (χ2n) is 4.44. The van der Waals surface area contributed by atoms with Gasteiger partial charge in [-0.2, -0.15) is 0 Å². The van der Waals surface area contributed by atoms with E-state index in [1.54, 1.807) is 6.07 Å². The van der Waals surface area contributed by atoms with Crippen LogP contribution in [0.5, 0.6) is 5.75 Å². The molecule has 0 aliphatic heterocycles. The monoisotopic (exact) mass is 261 g/mol. The van der Waals surface area contributed by atoms with E-state index in [1.165, 1.54) is 13.2 Å². The fourth-order valence-corrected chi connectivity index (χ4v) is 2.17. The molecule has 4 heteroatoms. The maximum absolute atomic E-state index is 13.6. The van der Waals surface area contributed by atoms with E-state index in [9.17, 15) is 9.18 Å². The normalized spacial score (nSPS) is 10.6. The lowest BCUT2D eigenvalue weighted by Gasteiger charge is -2.09. The van der Waals surface area contributed by atoms with Gasteiger partial charge in [-0.3, -0.25) is 4.79 Å². The van der Waals surface area contributed by atoms with E-state index >= 15 is 0 Å². The van der Waals surface area contributed by atoms with Gasteiger partial charge in [-0.15, -0.1) is 0 Å². The first-order valence-corrected chi connectivity index (χ1v) is 6.15. The van der Waals surface area contributed by atoms with E-state index in [-0.39, 0.29) is 17.5 Å². The van der Waals surface area contributed by atoms with Crippen LogP contribution in [0.2, 0.25) is 0 Å². The van der Waals surface area contributed by atoms with Gasteiger partial charge < -0.3 is 10.5 Å². The standard InChI is InChI=1S/C15H16FNO2/c1-19-14-9-12-10(5-3-7-15(17)18)4-2-6-11(12)8-13(14)16/h2,4,6,8-9H,3,5,7H2,1H3,(H2,17,18). The minimum atomic E-state index is -0.371. The second kappa shape index (κ2) is 5.69. The number of fused-ring (bicyclic) bond motifs is 1. The van der Waals surface area contributed by atoms with Crippen LogP contribution in [-0.4, -0.2) is 13.0 Å². The third-order valence-corrected chi connectivity index (χ3v) is 3.11. The predicted molar refractivity (Wildman–Crippen MR) is 72.6 cm³/mol. The second-order valence-corrected chi connectivity index (χ2v) is 4.44. The topological polar surface area (TPSA) is 52.3 Å². The summed E-state index contributed by atoms with van der Waals surface area (Å²) >= 11 is 0. The van der Waals surface area contributed by atoms with Gasteiger partial charge in [0.05, 0.1) is 7.11 Å². The van der Waals surface area contributed by atoms with Crippen molar-refractivity contribution < 1.29 is 13.9 Å². The number of hydrogen-bond donors (Lipinski definition) is 1. The Bertz CT molecular complexity index is 610. The highest BCUT2D eigenvalue weighted by atomic mass is 19.1. The molecule has 0 spiro atoms. The molecule has 2 rings (SSSR count). The molecule has 100 valence electrons. The highest BCUT2D eigenvalue weighted by Crippen LogP contribution is 2.27. The number of hydrogen-bond acceptors (Lipinski definition) is 2. The number of benzene rings is 2. The van der Waals surface area contributed by atoms with E-state index in [2.05, 4.69) is 0 Å². The predicted octanol–water partition coefficient (Wildman–Crippen LogP) is 2.80. The summed E-state index contributed by atoms with van der Waals surface area (Å²) in [6.45, 7) is 0. The van der Waals surface area contributed by atoms with Crippen molar-refractivity contribution in [3.05, 3.63) is 41.7 Å². The summed E-state index contributed by atoms with van der Waals surface area (Å²) in [4.78, 5) is 10.8. The van der Waals surface area contributed by atoms with Crippen LogP contribution in [0.4, 0.5) is 4.39 Å². The number of methoxy groups -OCH3 is 1. The molecule has 0 aromatic heterocycles. The number of primary amides is 1. The van der Waals surface area contributed by atoms with Crippen molar-refractivity contribution in [1.82, 2.24) is 0 Å². The van der Waals surface area contributed by atoms with E-state index in [1.807, 2.05) is 18.2 Å². The number of amides is 1. The molecule has 0 heterocycles. The summed E-state index contributed by atoms with van der Waals surface area (Å²) in [6.07, 6.45) is 1.78. The van der Waals surface area contributed by atoms with Crippen molar-refractivity contribution >= 4 is 16.7 Å². The molecule has 2 aromatic carbocycles. The number of rotatable bonds is 5. The summed E-state index contributed by atoms with van der Waals surface area (Å²) in [5.74, 6) is -0.442. The molecule has 0 aliphatic rings. The Labute approximate surface area is 111 Å². The largest absolute Gasteiger partial charge is 0.494 e. The number of halogens is 1. The maximum Gasteiger partial charge on any atom is 0.217 e. The van der Waals surface area contributed by atoms with E-state index in [0.717, 1.165) is 22.8 Å². The van der Waals surface area contributed by atoms with Gasteiger partial charge in [0.1, 0.15) is 0 Å². The number of nitrogens with two attached hydrogens (primary N) is 1. The van der Waals surface area contributed by atoms with Crippen LogP contribution in [0.25, 0.3) is 10.8 Å². The van der Waals surface area contributed by atoms with Gasteiger partial charge in [0.2, 0.25) is 5.91 Å². The summed E-state index contributed by atoms with van der Waals surface area (Å²) in [5.41, 5.74) is 6.19. The lowest BCUT2D eigenvalue weighted by molar-refractivity contribution is -0.118. The van der Waals surface area contributed by atoms with E-state index in [4.69, 9.17) is 10.5 Å². The molecule has 3 nitrogen and oxygen atoms in total. The van der Waals surface area contributed by atoms with Gasteiger partial charge in [0, 0.05) is 6.42 Å². The zero-order valence-corrected chi connectivity index (χ0v) is 10.8. The quantitative estimate of drug-likeness (QED) is 0.899. The Balaban J connectivity index is 2.35. The molecule has 0 bridgehead atoms. The molecule has 19 heavy (non-hydrogen) atoms. The SMILES string of the molecule is COc1cc2c(CCCC(N)=O)cccc2cc1F. The van der Waals surface area contributed by atoms with Crippen LogP contribution in [-0.2, 0) is 11.2 Å². The van der Waals surface area contributed by atoms with E-state index in [0.29, 0.717) is 12.8 Å². The van der Waals surface area contributed by atoms with Gasteiger partial charge in [0.25, 0.3) is 0 Å². The number of carbonyl (C=O) groups is 1.